The highest BCUT2D eigenvalue weighted by atomic mass is 79.9. The molecular formula is C13H14BrNOS. The van der Waals surface area contributed by atoms with Crippen LogP contribution in [0.3, 0.4) is 0 Å². The first kappa shape index (κ1) is 12.6. The van der Waals surface area contributed by atoms with Crippen LogP contribution in [0.25, 0.3) is 0 Å². The maximum Gasteiger partial charge on any atom is 0.119 e. The van der Waals surface area contributed by atoms with Gasteiger partial charge in [0.1, 0.15) is 5.75 Å². The van der Waals surface area contributed by atoms with E-state index in [-0.39, 0.29) is 6.04 Å². The van der Waals surface area contributed by atoms with E-state index in [4.69, 9.17) is 10.5 Å². The molecule has 90 valence electrons. The van der Waals surface area contributed by atoms with Crippen LogP contribution in [0.4, 0.5) is 0 Å². The lowest BCUT2D eigenvalue weighted by atomic mass is 10.1. The van der Waals surface area contributed by atoms with E-state index < -0.39 is 0 Å². The lowest BCUT2D eigenvalue weighted by Crippen LogP contribution is -2.10. The van der Waals surface area contributed by atoms with Gasteiger partial charge in [-0.25, -0.2) is 0 Å². The first-order chi connectivity index (χ1) is 8.22. The Labute approximate surface area is 114 Å². The van der Waals surface area contributed by atoms with Crippen molar-refractivity contribution in [3.05, 3.63) is 50.6 Å². The van der Waals surface area contributed by atoms with Crippen LogP contribution in [0, 0.1) is 0 Å². The Kier molecular flexibility index (Phi) is 4.20. The predicted octanol–water partition coefficient (Wildman–Crippen LogP) is 3.96. The molecule has 0 aliphatic carbocycles. The minimum atomic E-state index is -0.0833. The van der Waals surface area contributed by atoms with Crippen LogP contribution in [0.2, 0.25) is 0 Å². The van der Waals surface area contributed by atoms with Crippen LogP contribution in [-0.4, -0.2) is 6.61 Å². The van der Waals surface area contributed by atoms with Gasteiger partial charge >= 0.3 is 0 Å². The molecule has 2 aromatic rings. The molecule has 0 radical (unpaired) electrons. The average Bonchev–Trinajstić information content (AvgIpc) is 2.76. The molecule has 0 spiro atoms. The Morgan fingerprint density at radius 1 is 1.29 bits per heavy atom. The van der Waals surface area contributed by atoms with Crippen LogP contribution in [-0.2, 0) is 0 Å². The molecule has 1 aromatic carbocycles. The molecule has 4 heteroatoms. The Hall–Kier alpha value is -0.840. The van der Waals surface area contributed by atoms with Gasteiger partial charge in [0, 0.05) is 9.35 Å². The van der Waals surface area contributed by atoms with Crippen molar-refractivity contribution >= 4 is 27.3 Å². The van der Waals surface area contributed by atoms with E-state index in [1.54, 1.807) is 11.3 Å². The maximum atomic E-state index is 6.23. The van der Waals surface area contributed by atoms with E-state index in [1.165, 1.54) is 0 Å². The van der Waals surface area contributed by atoms with Gasteiger partial charge in [-0.15, -0.1) is 11.3 Å². The monoisotopic (exact) mass is 311 g/mol. The molecule has 0 bridgehead atoms. The molecule has 0 amide bonds. The Balaban J connectivity index is 2.20. The summed E-state index contributed by atoms with van der Waals surface area (Å²) in [5.74, 6) is 0.883. The maximum absolute atomic E-state index is 6.23. The molecule has 1 heterocycles. The average molecular weight is 312 g/mol. The molecule has 0 saturated carbocycles. The van der Waals surface area contributed by atoms with Crippen molar-refractivity contribution in [2.45, 2.75) is 13.0 Å². The highest BCUT2D eigenvalue weighted by Gasteiger charge is 2.13. The van der Waals surface area contributed by atoms with Crippen molar-refractivity contribution in [1.82, 2.24) is 0 Å². The molecule has 0 aliphatic rings. The quantitative estimate of drug-likeness (QED) is 0.927. The molecule has 17 heavy (non-hydrogen) atoms. The Morgan fingerprint density at radius 3 is 2.53 bits per heavy atom. The van der Waals surface area contributed by atoms with Crippen molar-refractivity contribution in [1.29, 1.82) is 0 Å². The summed E-state index contributed by atoms with van der Waals surface area (Å²) >= 11 is 5.17. The molecule has 1 unspecified atom stereocenters. The lowest BCUT2D eigenvalue weighted by molar-refractivity contribution is 0.340. The van der Waals surface area contributed by atoms with Gasteiger partial charge in [0.2, 0.25) is 0 Å². The topological polar surface area (TPSA) is 35.2 Å². The van der Waals surface area contributed by atoms with Crippen molar-refractivity contribution in [3.63, 3.8) is 0 Å². The van der Waals surface area contributed by atoms with Crippen molar-refractivity contribution in [2.24, 2.45) is 5.73 Å². The third-order valence-electron chi connectivity index (χ3n) is 2.48. The Morgan fingerprint density at radius 2 is 2.00 bits per heavy atom. The fourth-order valence-electron chi connectivity index (χ4n) is 1.62. The van der Waals surface area contributed by atoms with Gasteiger partial charge in [0.25, 0.3) is 0 Å². The lowest BCUT2D eigenvalue weighted by Gasteiger charge is -2.12. The van der Waals surface area contributed by atoms with Crippen LogP contribution >= 0.6 is 27.3 Å². The SMILES string of the molecule is CCOc1ccc(C(N)c2sccc2Br)cc1. The van der Waals surface area contributed by atoms with E-state index in [0.29, 0.717) is 6.61 Å². The van der Waals surface area contributed by atoms with Gasteiger partial charge < -0.3 is 10.5 Å². The number of hydrogen-bond donors (Lipinski definition) is 1. The zero-order valence-corrected chi connectivity index (χ0v) is 11.9. The summed E-state index contributed by atoms with van der Waals surface area (Å²) < 4.78 is 6.48. The zero-order valence-electron chi connectivity index (χ0n) is 9.52. The number of hydrogen-bond acceptors (Lipinski definition) is 3. The second-order valence-electron chi connectivity index (χ2n) is 3.61. The number of halogens is 1. The van der Waals surface area contributed by atoms with Crippen molar-refractivity contribution in [2.75, 3.05) is 6.61 Å². The van der Waals surface area contributed by atoms with Crippen molar-refractivity contribution < 1.29 is 4.74 Å². The first-order valence-corrected chi connectivity index (χ1v) is 7.11. The summed E-state index contributed by atoms with van der Waals surface area (Å²) in [4.78, 5) is 1.15. The minimum absolute atomic E-state index is 0.0833. The van der Waals surface area contributed by atoms with E-state index >= 15 is 0 Å². The van der Waals surface area contributed by atoms with Crippen LogP contribution in [0.1, 0.15) is 23.4 Å². The smallest absolute Gasteiger partial charge is 0.119 e. The van der Waals surface area contributed by atoms with Gasteiger partial charge in [-0.3, -0.25) is 0 Å². The highest BCUT2D eigenvalue weighted by molar-refractivity contribution is 9.10. The standard InChI is InChI=1S/C13H14BrNOS/c1-2-16-10-5-3-9(4-6-10)12(15)13-11(14)7-8-17-13/h3-8,12H,2,15H2,1H3. The van der Waals surface area contributed by atoms with E-state index in [1.807, 2.05) is 42.6 Å². The van der Waals surface area contributed by atoms with Gasteiger partial charge in [-0.2, -0.15) is 0 Å². The predicted molar refractivity (Wildman–Crippen MR) is 75.7 cm³/mol. The summed E-state index contributed by atoms with van der Waals surface area (Å²) in [5.41, 5.74) is 7.32. The fourth-order valence-corrected chi connectivity index (χ4v) is 3.26. The number of rotatable bonds is 4. The van der Waals surface area contributed by atoms with E-state index in [0.717, 1.165) is 20.7 Å². The molecule has 0 aliphatic heterocycles. The third-order valence-corrected chi connectivity index (χ3v) is 4.43. The summed E-state index contributed by atoms with van der Waals surface area (Å²) in [7, 11) is 0. The summed E-state index contributed by atoms with van der Waals surface area (Å²) in [6.45, 7) is 2.66. The molecule has 2 nitrogen and oxygen atoms in total. The van der Waals surface area contributed by atoms with Gasteiger partial charge in [-0.1, -0.05) is 12.1 Å². The molecule has 1 aromatic heterocycles. The molecular weight excluding hydrogens is 298 g/mol. The van der Waals surface area contributed by atoms with Crippen molar-refractivity contribution in [3.8, 4) is 5.75 Å². The summed E-state index contributed by atoms with van der Waals surface area (Å²) in [6, 6.07) is 9.89. The molecule has 1 atom stereocenters. The minimum Gasteiger partial charge on any atom is -0.494 e. The molecule has 0 fully saturated rings. The van der Waals surface area contributed by atoms with Crippen LogP contribution < -0.4 is 10.5 Å². The second-order valence-corrected chi connectivity index (χ2v) is 5.41. The number of ether oxygens (including phenoxy) is 1. The number of benzene rings is 1. The fraction of sp³-hybridized carbons (Fsp3) is 0.231. The van der Waals surface area contributed by atoms with Gasteiger partial charge in [0.05, 0.1) is 12.6 Å². The Bertz CT molecular complexity index is 480. The number of nitrogens with two attached hydrogens (primary N) is 1. The number of thiophene rings is 1. The summed E-state index contributed by atoms with van der Waals surface area (Å²) in [6.07, 6.45) is 0. The second kappa shape index (κ2) is 5.67. The highest BCUT2D eigenvalue weighted by Crippen LogP contribution is 2.32. The summed E-state index contributed by atoms with van der Waals surface area (Å²) in [5, 5.41) is 2.04. The van der Waals surface area contributed by atoms with E-state index in [2.05, 4.69) is 15.9 Å². The van der Waals surface area contributed by atoms with Gasteiger partial charge in [-0.05, 0) is 52.0 Å². The molecule has 2 N–H and O–H groups in total. The first-order valence-electron chi connectivity index (χ1n) is 5.43. The molecule has 2 rings (SSSR count). The normalized spacial score (nSPS) is 12.4. The molecule has 0 saturated heterocycles. The van der Waals surface area contributed by atoms with Crippen LogP contribution in [0.5, 0.6) is 5.75 Å². The third kappa shape index (κ3) is 2.89. The largest absolute Gasteiger partial charge is 0.494 e. The van der Waals surface area contributed by atoms with E-state index in [9.17, 15) is 0 Å². The van der Waals surface area contributed by atoms with Gasteiger partial charge in [0.15, 0.2) is 0 Å². The van der Waals surface area contributed by atoms with Crippen LogP contribution in [0.15, 0.2) is 40.2 Å². The zero-order chi connectivity index (χ0) is 12.3.